The standard InChI is InChI=1S/C14H17ClN2O2/c1-9(2)12(18)8-14-16-13(17-19-14)7-10-5-3-4-6-11(10)15/h3-6,9,12,18H,7-8H2,1-2H3. The molecule has 1 aromatic carbocycles. The molecular weight excluding hydrogens is 264 g/mol. The number of aromatic nitrogens is 2. The normalized spacial score (nSPS) is 12.9. The monoisotopic (exact) mass is 280 g/mol. The molecule has 0 saturated carbocycles. The number of hydrogen-bond donors (Lipinski definition) is 1. The molecule has 1 unspecified atom stereocenters. The van der Waals surface area contributed by atoms with E-state index in [1.54, 1.807) is 0 Å². The smallest absolute Gasteiger partial charge is 0.229 e. The Hall–Kier alpha value is -1.39. The summed E-state index contributed by atoms with van der Waals surface area (Å²) in [5.41, 5.74) is 0.959. The average Bonchev–Trinajstić information content (AvgIpc) is 2.79. The molecule has 19 heavy (non-hydrogen) atoms. The van der Waals surface area contributed by atoms with Crippen molar-refractivity contribution in [3.05, 3.63) is 46.6 Å². The van der Waals surface area contributed by atoms with Crippen LogP contribution in [0, 0.1) is 5.92 Å². The zero-order chi connectivity index (χ0) is 13.8. The summed E-state index contributed by atoms with van der Waals surface area (Å²) in [6.07, 6.45) is 0.447. The van der Waals surface area contributed by atoms with Gasteiger partial charge in [0.15, 0.2) is 5.82 Å². The minimum absolute atomic E-state index is 0.166. The summed E-state index contributed by atoms with van der Waals surface area (Å²) in [7, 11) is 0. The first-order chi connectivity index (χ1) is 9.06. The minimum Gasteiger partial charge on any atom is -0.392 e. The summed E-state index contributed by atoms with van der Waals surface area (Å²) in [4.78, 5) is 4.27. The van der Waals surface area contributed by atoms with Crippen LogP contribution in [0.1, 0.15) is 31.1 Å². The molecule has 0 aliphatic carbocycles. The summed E-state index contributed by atoms with van der Waals surface area (Å²) in [5.74, 6) is 1.21. The zero-order valence-electron chi connectivity index (χ0n) is 11.0. The van der Waals surface area contributed by atoms with Crippen molar-refractivity contribution in [1.82, 2.24) is 10.1 Å². The van der Waals surface area contributed by atoms with E-state index in [0.717, 1.165) is 5.56 Å². The van der Waals surface area contributed by atoms with Crippen LogP contribution in [0.4, 0.5) is 0 Å². The maximum atomic E-state index is 9.77. The molecule has 0 fully saturated rings. The SMILES string of the molecule is CC(C)C(O)Cc1nc(Cc2ccccc2Cl)no1. The van der Waals surface area contributed by atoms with Crippen molar-refractivity contribution in [2.24, 2.45) is 5.92 Å². The second-order valence-corrected chi connectivity index (χ2v) is 5.30. The van der Waals surface area contributed by atoms with Crippen molar-refractivity contribution < 1.29 is 9.63 Å². The largest absolute Gasteiger partial charge is 0.392 e. The highest BCUT2D eigenvalue weighted by Crippen LogP contribution is 2.18. The molecule has 2 rings (SSSR count). The molecule has 0 amide bonds. The summed E-state index contributed by atoms with van der Waals surface area (Å²) >= 11 is 6.08. The second-order valence-electron chi connectivity index (χ2n) is 4.89. The van der Waals surface area contributed by atoms with Gasteiger partial charge in [0.2, 0.25) is 5.89 Å². The molecule has 0 bridgehead atoms. The Labute approximate surface area is 117 Å². The average molecular weight is 281 g/mol. The van der Waals surface area contributed by atoms with Gasteiger partial charge in [-0.3, -0.25) is 0 Å². The van der Waals surface area contributed by atoms with E-state index in [9.17, 15) is 5.11 Å². The quantitative estimate of drug-likeness (QED) is 0.915. The lowest BCUT2D eigenvalue weighted by molar-refractivity contribution is 0.116. The Morgan fingerprint density at radius 1 is 1.32 bits per heavy atom. The van der Waals surface area contributed by atoms with Gasteiger partial charge in [0.25, 0.3) is 0 Å². The van der Waals surface area contributed by atoms with Gasteiger partial charge in [-0.05, 0) is 17.5 Å². The fourth-order valence-electron chi connectivity index (χ4n) is 1.67. The molecule has 1 heterocycles. The van der Waals surface area contributed by atoms with Gasteiger partial charge in [0.1, 0.15) is 0 Å². The molecule has 5 heteroatoms. The van der Waals surface area contributed by atoms with Gasteiger partial charge in [-0.25, -0.2) is 0 Å². The van der Waals surface area contributed by atoms with Gasteiger partial charge in [0, 0.05) is 11.4 Å². The third kappa shape index (κ3) is 3.78. The lowest BCUT2D eigenvalue weighted by Gasteiger charge is -2.10. The molecular formula is C14H17ClN2O2. The molecule has 0 aliphatic heterocycles. The number of benzene rings is 1. The Kier molecular flexibility index (Phi) is 4.56. The van der Waals surface area contributed by atoms with Crippen molar-refractivity contribution in [1.29, 1.82) is 0 Å². The topological polar surface area (TPSA) is 59.2 Å². The van der Waals surface area contributed by atoms with Crippen LogP contribution in [0.3, 0.4) is 0 Å². The van der Waals surface area contributed by atoms with E-state index >= 15 is 0 Å². The number of nitrogens with zero attached hydrogens (tertiary/aromatic N) is 2. The van der Waals surface area contributed by atoms with Crippen molar-refractivity contribution in [2.75, 3.05) is 0 Å². The van der Waals surface area contributed by atoms with Crippen LogP contribution in [-0.2, 0) is 12.8 Å². The summed E-state index contributed by atoms with van der Waals surface area (Å²) in [6, 6.07) is 7.57. The first kappa shape index (κ1) is 14.0. The van der Waals surface area contributed by atoms with E-state index < -0.39 is 6.10 Å². The third-order valence-electron chi connectivity index (χ3n) is 2.97. The van der Waals surface area contributed by atoms with Crippen molar-refractivity contribution >= 4 is 11.6 Å². The van der Waals surface area contributed by atoms with E-state index in [2.05, 4.69) is 10.1 Å². The predicted octanol–water partition coefficient (Wildman–Crippen LogP) is 2.87. The van der Waals surface area contributed by atoms with Crippen LogP contribution in [0.2, 0.25) is 5.02 Å². The molecule has 0 saturated heterocycles. The van der Waals surface area contributed by atoms with Crippen molar-refractivity contribution in [3.63, 3.8) is 0 Å². The van der Waals surface area contributed by atoms with E-state index in [4.69, 9.17) is 16.1 Å². The number of aliphatic hydroxyl groups excluding tert-OH is 1. The maximum Gasteiger partial charge on any atom is 0.229 e. The van der Waals surface area contributed by atoms with Gasteiger partial charge in [-0.1, -0.05) is 48.8 Å². The van der Waals surface area contributed by atoms with Crippen LogP contribution in [0.15, 0.2) is 28.8 Å². The third-order valence-corrected chi connectivity index (χ3v) is 3.34. The van der Waals surface area contributed by atoms with E-state index in [0.29, 0.717) is 29.6 Å². The number of hydrogen-bond acceptors (Lipinski definition) is 4. The van der Waals surface area contributed by atoms with E-state index in [1.165, 1.54) is 0 Å². The van der Waals surface area contributed by atoms with Crippen LogP contribution in [0.25, 0.3) is 0 Å². The van der Waals surface area contributed by atoms with Crippen LogP contribution >= 0.6 is 11.6 Å². The van der Waals surface area contributed by atoms with Gasteiger partial charge in [-0.15, -0.1) is 0 Å². The van der Waals surface area contributed by atoms with E-state index in [-0.39, 0.29) is 5.92 Å². The molecule has 2 aromatic rings. The van der Waals surface area contributed by atoms with Gasteiger partial charge in [-0.2, -0.15) is 4.98 Å². The summed E-state index contributed by atoms with van der Waals surface area (Å²) in [5, 5.41) is 14.4. The zero-order valence-corrected chi connectivity index (χ0v) is 11.8. The highest BCUT2D eigenvalue weighted by atomic mass is 35.5. The molecule has 0 aliphatic rings. The highest BCUT2D eigenvalue weighted by Gasteiger charge is 2.15. The van der Waals surface area contributed by atoms with Crippen LogP contribution in [-0.4, -0.2) is 21.4 Å². The minimum atomic E-state index is -0.464. The van der Waals surface area contributed by atoms with Gasteiger partial charge < -0.3 is 9.63 Å². The highest BCUT2D eigenvalue weighted by molar-refractivity contribution is 6.31. The lowest BCUT2D eigenvalue weighted by atomic mass is 10.0. The first-order valence-electron chi connectivity index (χ1n) is 6.29. The second kappa shape index (κ2) is 6.17. The van der Waals surface area contributed by atoms with Gasteiger partial charge >= 0.3 is 0 Å². The summed E-state index contributed by atoms with van der Waals surface area (Å²) < 4.78 is 5.13. The molecule has 0 radical (unpaired) electrons. The van der Waals surface area contributed by atoms with E-state index in [1.807, 2.05) is 38.1 Å². The fourth-order valence-corrected chi connectivity index (χ4v) is 1.87. The molecule has 4 nitrogen and oxygen atoms in total. The van der Waals surface area contributed by atoms with Crippen LogP contribution < -0.4 is 0 Å². The van der Waals surface area contributed by atoms with Gasteiger partial charge in [0.05, 0.1) is 12.5 Å². The molecule has 1 aromatic heterocycles. The number of halogens is 1. The molecule has 1 atom stereocenters. The number of aliphatic hydroxyl groups is 1. The Morgan fingerprint density at radius 2 is 2.05 bits per heavy atom. The molecule has 1 N–H and O–H groups in total. The molecule has 102 valence electrons. The maximum absolute atomic E-state index is 9.77. The fraction of sp³-hybridized carbons (Fsp3) is 0.429. The predicted molar refractivity (Wildman–Crippen MR) is 73.1 cm³/mol. The number of rotatable bonds is 5. The Morgan fingerprint density at radius 3 is 2.74 bits per heavy atom. The molecule has 0 spiro atoms. The Balaban J connectivity index is 2.04. The first-order valence-corrected chi connectivity index (χ1v) is 6.67. The summed E-state index contributed by atoms with van der Waals surface area (Å²) in [6.45, 7) is 3.90. The lowest BCUT2D eigenvalue weighted by Crippen LogP contribution is -2.17. The van der Waals surface area contributed by atoms with Crippen molar-refractivity contribution in [3.8, 4) is 0 Å². The Bertz CT molecular complexity index is 540. The van der Waals surface area contributed by atoms with Crippen molar-refractivity contribution in [2.45, 2.75) is 32.8 Å². The van der Waals surface area contributed by atoms with Crippen LogP contribution in [0.5, 0.6) is 0 Å².